The molecule has 9 heavy (non-hydrogen) atoms. The summed E-state index contributed by atoms with van der Waals surface area (Å²) in [6.45, 7) is 6.84. The minimum absolute atomic E-state index is 0.248. The Morgan fingerprint density at radius 3 is 2.11 bits per heavy atom. The van der Waals surface area contributed by atoms with Gasteiger partial charge in [-0.25, -0.2) is 4.79 Å². The van der Waals surface area contributed by atoms with Crippen molar-refractivity contribution in [1.29, 1.82) is 0 Å². The van der Waals surface area contributed by atoms with Gasteiger partial charge in [-0.15, -0.1) is 0 Å². The Hall–Kier alpha value is -0.570. The third kappa shape index (κ3) is 2.46. The molecular formula is C6H7BrO2. The van der Waals surface area contributed by atoms with Crippen molar-refractivity contribution >= 4 is 21.9 Å². The predicted molar refractivity (Wildman–Crippen MR) is 39.2 cm³/mol. The lowest BCUT2D eigenvalue weighted by molar-refractivity contribution is -0.135. The molecule has 0 N–H and O–H groups in total. The van der Waals surface area contributed by atoms with Crippen molar-refractivity contribution in [2.45, 2.75) is 0 Å². The van der Waals surface area contributed by atoms with Crippen LogP contribution in [0.4, 0.5) is 0 Å². The van der Waals surface area contributed by atoms with Crippen molar-refractivity contribution in [3.05, 3.63) is 23.2 Å². The van der Waals surface area contributed by atoms with Gasteiger partial charge in [0.15, 0.2) is 0 Å². The molecule has 0 spiro atoms. The molecule has 0 aliphatic rings. The molecule has 0 bridgehead atoms. The average molecular weight is 191 g/mol. The number of carbonyl (C=O) groups excluding carboxylic acids is 1. The second kappa shape index (κ2) is 3.45. The van der Waals surface area contributed by atoms with Crippen LogP contribution in [0.15, 0.2) is 23.2 Å². The summed E-state index contributed by atoms with van der Waals surface area (Å²) >= 11 is 2.99. The minimum atomic E-state index is -0.461. The number of halogens is 1. The third-order valence-corrected chi connectivity index (χ3v) is 1.24. The molecule has 0 heterocycles. The number of hydrogen-bond donors (Lipinski definition) is 0. The van der Waals surface area contributed by atoms with E-state index in [1.54, 1.807) is 0 Å². The first kappa shape index (κ1) is 8.43. The number of hydrogen-bond acceptors (Lipinski definition) is 2. The summed E-state index contributed by atoms with van der Waals surface area (Å²) in [6.07, 6.45) is 0. The Balaban J connectivity index is 4.05. The summed E-state index contributed by atoms with van der Waals surface area (Å²) in [7, 11) is 1.30. The van der Waals surface area contributed by atoms with E-state index in [-0.39, 0.29) is 5.57 Å². The molecular weight excluding hydrogens is 184 g/mol. The summed E-state index contributed by atoms with van der Waals surface area (Å²) in [4.78, 5) is 10.5. The van der Waals surface area contributed by atoms with E-state index in [0.29, 0.717) is 4.48 Å². The molecule has 0 amide bonds. The maximum atomic E-state index is 10.5. The Bertz CT molecular complexity index is 160. The van der Waals surface area contributed by atoms with Gasteiger partial charge in [-0.1, -0.05) is 29.1 Å². The molecule has 0 aromatic heterocycles. The summed E-state index contributed by atoms with van der Waals surface area (Å²) < 4.78 is 4.80. The fraction of sp³-hybridized carbons (Fsp3) is 0.167. The normalized spacial score (nSPS) is 8.22. The zero-order valence-electron chi connectivity index (χ0n) is 5.11. The minimum Gasteiger partial charge on any atom is -0.465 e. The highest BCUT2D eigenvalue weighted by Gasteiger charge is 2.06. The van der Waals surface area contributed by atoms with Crippen LogP contribution in [0.5, 0.6) is 0 Å². The van der Waals surface area contributed by atoms with Crippen LogP contribution in [-0.2, 0) is 9.53 Å². The van der Waals surface area contributed by atoms with Gasteiger partial charge >= 0.3 is 5.97 Å². The molecule has 3 heteroatoms. The first-order valence-electron chi connectivity index (χ1n) is 2.21. The number of methoxy groups -OCH3 is 1. The Morgan fingerprint density at radius 2 is 2.00 bits per heavy atom. The van der Waals surface area contributed by atoms with Crippen molar-refractivity contribution in [3.63, 3.8) is 0 Å². The summed E-state index contributed by atoms with van der Waals surface area (Å²) in [6, 6.07) is 0. The highest BCUT2D eigenvalue weighted by Crippen LogP contribution is 2.12. The maximum absolute atomic E-state index is 10.5. The molecule has 2 nitrogen and oxygen atoms in total. The monoisotopic (exact) mass is 190 g/mol. The maximum Gasteiger partial charge on any atom is 0.338 e. The van der Waals surface area contributed by atoms with Crippen molar-refractivity contribution in [2.75, 3.05) is 7.11 Å². The van der Waals surface area contributed by atoms with E-state index >= 15 is 0 Å². The summed E-state index contributed by atoms with van der Waals surface area (Å²) in [5.74, 6) is -0.461. The van der Waals surface area contributed by atoms with Gasteiger partial charge in [0.1, 0.15) is 0 Å². The molecule has 0 aromatic carbocycles. The van der Waals surface area contributed by atoms with E-state index in [4.69, 9.17) is 0 Å². The molecule has 0 atom stereocenters. The van der Waals surface area contributed by atoms with Crippen molar-refractivity contribution in [3.8, 4) is 0 Å². The first-order valence-corrected chi connectivity index (χ1v) is 3.01. The lowest BCUT2D eigenvalue weighted by Crippen LogP contribution is -2.02. The SMILES string of the molecule is C=C(Br)C(=C)C(=O)OC. The van der Waals surface area contributed by atoms with Crippen LogP contribution in [0.2, 0.25) is 0 Å². The van der Waals surface area contributed by atoms with Crippen molar-refractivity contribution < 1.29 is 9.53 Å². The number of ether oxygens (including phenoxy) is 1. The Labute approximate surface area is 62.3 Å². The molecule has 0 aliphatic carbocycles. The summed E-state index contributed by atoms with van der Waals surface area (Å²) in [5, 5.41) is 0. The van der Waals surface area contributed by atoms with Crippen LogP contribution < -0.4 is 0 Å². The van der Waals surface area contributed by atoms with Gasteiger partial charge in [-0.2, -0.15) is 0 Å². The van der Waals surface area contributed by atoms with E-state index < -0.39 is 5.97 Å². The van der Waals surface area contributed by atoms with Crippen LogP contribution in [-0.4, -0.2) is 13.1 Å². The van der Waals surface area contributed by atoms with Gasteiger partial charge in [0.05, 0.1) is 12.7 Å². The molecule has 0 saturated heterocycles. The van der Waals surface area contributed by atoms with Crippen LogP contribution in [0.3, 0.4) is 0 Å². The molecule has 50 valence electrons. The molecule has 0 saturated carbocycles. The molecule has 0 aliphatic heterocycles. The fourth-order valence-electron chi connectivity index (χ4n) is 0.234. The number of carbonyl (C=O) groups is 1. The average Bonchev–Trinajstić information content (AvgIpc) is 1.84. The molecule has 0 aromatic rings. The highest BCUT2D eigenvalue weighted by molar-refractivity contribution is 9.12. The predicted octanol–water partition coefficient (Wildman–Crippen LogP) is 1.62. The lowest BCUT2D eigenvalue weighted by Gasteiger charge is -1.97. The van der Waals surface area contributed by atoms with Gasteiger partial charge in [0, 0.05) is 4.48 Å². The lowest BCUT2D eigenvalue weighted by atomic mass is 10.3. The topological polar surface area (TPSA) is 26.3 Å². The van der Waals surface area contributed by atoms with Crippen LogP contribution in [0.1, 0.15) is 0 Å². The molecule has 0 unspecified atom stereocenters. The largest absolute Gasteiger partial charge is 0.465 e. The van der Waals surface area contributed by atoms with E-state index in [9.17, 15) is 4.79 Å². The Kier molecular flexibility index (Phi) is 3.24. The van der Waals surface area contributed by atoms with Gasteiger partial charge < -0.3 is 4.74 Å². The smallest absolute Gasteiger partial charge is 0.338 e. The third-order valence-electron chi connectivity index (χ3n) is 0.759. The fourth-order valence-corrected chi connectivity index (χ4v) is 0.396. The van der Waals surface area contributed by atoms with Crippen LogP contribution >= 0.6 is 15.9 Å². The van der Waals surface area contributed by atoms with E-state index in [1.165, 1.54) is 7.11 Å². The molecule has 0 radical (unpaired) electrons. The molecule has 0 rings (SSSR count). The first-order chi connectivity index (χ1) is 4.09. The number of esters is 1. The van der Waals surface area contributed by atoms with Gasteiger partial charge in [-0.05, 0) is 0 Å². The van der Waals surface area contributed by atoms with E-state index in [0.717, 1.165) is 0 Å². The second-order valence-corrected chi connectivity index (χ2v) is 2.33. The van der Waals surface area contributed by atoms with Gasteiger partial charge in [0.25, 0.3) is 0 Å². The van der Waals surface area contributed by atoms with Crippen LogP contribution in [0, 0.1) is 0 Å². The standard InChI is InChI=1S/C6H7BrO2/c1-4(5(2)7)6(8)9-3/h1-2H2,3H3. The van der Waals surface area contributed by atoms with Gasteiger partial charge in [0.2, 0.25) is 0 Å². The highest BCUT2D eigenvalue weighted by atomic mass is 79.9. The Morgan fingerprint density at radius 1 is 1.56 bits per heavy atom. The van der Waals surface area contributed by atoms with Crippen LogP contribution in [0.25, 0.3) is 0 Å². The van der Waals surface area contributed by atoms with E-state index in [2.05, 4.69) is 33.8 Å². The van der Waals surface area contributed by atoms with Gasteiger partial charge in [-0.3, -0.25) is 0 Å². The van der Waals surface area contributed by atoms with Crippen molar-refractivity contribution in [2.24, 2.45) is 0 Å². The zero-order chi connectivity index (χ0) is 7.44. The second-order valence-electron chi connectivity index (χ2n) is 1.38. The van der Waals surface area contributed by atoms with Crippen molar-refractivity contribution in [1.82, 2.24) is 0 Å². The number of rotatable bonds is 2. The zero-order valence-corrected chi connectivity index (χ0v) is 6.69. The summed E-state index contributed by atoms with van der Waals surface area (Å²) in [5.41, 5.74) is 0.248. The quantitative estimate of drug-likeness (QED) is 0.376. The van der Waals surface area contributed by atoms with E-state index in [1.807, 2.05) is 0 Å². The molecule has 0 fully saturated rings.